The van der Waals surface area contributed by atoms with Crippen molar-refractivity contribution in [1.82, 2.24) is 4.90 Å². The van der Waals surface area contributed by atoms with Gasteiger partial charge in [0.1, 0.15) is 11.4 Å². The van der Waals surface area contributed by atoms with Crippen molar-refractivity contribution in [2.75, 3.05) is 34.4 Å². The molecule has 1 aromatic carbocycles. The van der Waals surface area contributed by atoms with E-state index in [0.29, 0.717) is 24.2 Å². The van der Waals surface area contributed by atoms with E-state index in [4.69, 9.17) is 19.2 Å². The van der Waals surface area contributed by atoms with Gasteiger partial charge in [-0.05, 0) is 30.9 Å². The first-order chi connectivity index (χ1) is 14.5. The van der Waals surface area contributed by atoms with Crippen LogP contribution in [0.2, 0.25) is 0 Å². The Labute approximate surface area is 176 Å². The van der Waals surface area contributed by atoms with Crippen LogP contribution in [0.15, 0.2) is 47.7 Å². The summed E-state index contributed by atoms with van der Waals surface area (Å²) in [4.78, 5) is 19.6. The second-order valence-electron chi connectivity index (χ2n) is 8.01. The SMILES string of the molecule is C=CC1CN2CCC3(O)C(=Nc4cccc(OC)c43)C2CC1C(=COC)C(=O)OC. The predicted molar refractivity (Wildman–Crippen MR) is 113 cm³/mol. The van der Waals surface area contributed by atoms with Crippen molar-refractivity contribution in [2.45, 2.75) is 24.5 Å². The Morgan fingerprint density at radius 3 is 2.83 bits per heavy atom. The summed E-state index contributed by atoms with van der Waals surface area (Å²) in [6, 6.07) is 5.54. The molecular weight excluding hydrogens is 384 g/mol. The number of esters is 1. The number of carbonyl (C=O) groups is 1. The van der Waals surface area contributed by atoms with E-state index in [9.17, 15) is 9.90 Å². The number of piperidine rings is 2. The fraction of sp³-hybridized carbons (Fsp3) is 0.478. The lowest BCUT2D eigenvalue weighted by molar-refractivity contribution is -0.137. The molecule has 1 aromatic rings. The largest absolute Gasteiger partial charge is 0.504 e. The van der Waals surface area contributed by atoms with Gasteiger partial charge in [-0.3, -0.25) is 9.89 Å². The van der Waals surface area contributed by atoms with Crippen molar-refractivity contribution in [3.05, 3.63) is 48.3 Å². The monoisotopic (exact) mass is 412 g/mol. The van der Waals surface area contributed by atoms with Crippen LogP contribution in [0, 0.1) is 11.8 Å². The molecule has 0 amide bonds. The third-order valence-electron chi connectivity index (χ3n) is 6.63. The second kappa shape index (κ2) is 7.89. The predicted octanol–water partition coefficient (Wildman–Crippen LogP) is 2.57. The van der Waals surface area contributed by atoms with Crippen molar-refractivity contribution < 1.29 is 24.1 Å². The molecule has 3 aliphatic heterocycles. The topological polar surface area (TPSA) is 80.6 Å². The fourth-order valence-electron chi connectivity index (χ4n) is 5.21. The van der Waals surface area contributed by atoms with Gasteiger partial charge in [0.05, 0.1) is 56.2 Å². The van der Waals surface area contributed by atoms with Crippen LogP contribution in [0.4, 0.5) is 5.69 Å². The molecule has 160 valence electrons. The third kappa shape index (κ3) is 3.04. The number of carbonyl (C=O) groups excluding carboxylic acids is 1. The Balaban J connectivity index is 1.73. The highest BCUT2D eigenvalue weighted by Gasteiger charge is 2.54. The van der Waals surface area contributed by atoms with Crippen LogP contribution in [0.3, 0.4) is 0 Å². The minimum Gasteiger partial charge on any atom is -0.504 e. The van der Waals surface area contributed by atoms with Gasteiger partial charge in [0.25, 0.3) is 0 Å². The van der Waals surface area contributed by atoms with E-state index in [-0.39, 0.29) is 17.9 Å². The Hall–Kier alpha value is -2.64. The van der Waals surface area contributed by atoms with Crippen LogP contribution in [0.25, 0.3) is 0 Å². The molecule has 2 fully saturated rings. The highest BCUT2D eigenvalue weighted by atomic mass is 16.5. The summed E-state index contributed by atoms with van der Waals surface area (Å²) >= 11 is 0. The van der Waals surface area contributed by atoms with E-state index in [1.54, 1.807) is 7.11 Å². The van der Waals surface area contributed by atoms with Gasteiger partial charge in [-0.25, -0.2) is 4.79 Å². The van der Waals surface area contributed by atoms with Gasteiger partial charge in [0.2, 0.25) is 0 Å². The minimum atomic E-state index is -1.16. The zero-order valence-corrected chi connectivity index (χ0v) is 17.6. The van der Waals surface area contributed by atoms with E-state index >= 15 is 0 Å². The van der Waals surface area contributed by atoms with Gasteiger partial charge >= 0.3 is 5.97 Å². The molecule has 0 saturated carbocycles. The average Bonchev–Trinajstić information content (AvgIpc) is 3.09. The van der Waals surface area contributed by atoms with Crippen molar-refractivity contribution in [2.24, 2.45) is 16.8 Å². The zero-order valence-electron chi connectivity index (χ0n) is 17.6. The lowest BCUT2D eigenvalue weighted by Gasteiger charge is -2.49. The summed E-state index contributed by atoms with van der Waals surface area (Å²) in [6.07, 6.45) is 4.51. The summed E-state index contributed by atoms with van der Waals surface area (Å²) in [7, 11) is 4.49. The lowest BCUT2D eigenvalue weighted by Crippen LogP contribution is -2.60. The Kier molecular flexibility index (Phi) is 5.42. The van der Waals surface area contributed by atoms with E-state index in [2.05, 4.69) is 11.5 Å². The van der Waals surface area contributed by atoms with Crippen LogP contribution < -0.4 is 4.74 Å². The number of aliphatic imine (C=N–C) groups is 1. The van der Waals surface area contributed by atoms with E-state index in [0.717, 1.165) is 30.1 Å². The van der Waals surface area contributed by atoms with Gasteiger partial charge in [-0.2, -0.15) is 0 Å². The molecule has 7 heteroatoms. The van der Waals surface area contributed by atoms with Crippen LogP contribution in [0.1, 0.15) is 18.4 Å². The molecule has 2 saturated heterocycles. The molecule has 4 rings (SSSR count). The summed E-state index contributed by atoms with van der Waals surface area (Å²) in [6.45, 7) is 5.43. The second-order valence-corrected chi connectivity index (χ2v) is 8.01. The number of nitrogens with zero attached hydrogens (tertiary/aromatic N) is 2. The molecule has 4 unspecified atom stereocenters. The van der Waals surface area contributed by atoms with Crippen molar-refractivity contribution in [3.8, 4) is 5.75 Å². The summed E-state index contributed by atoms with van der Waals surface area (Å²) < 4.78 is 15.7. The minimum absolute atomic E-state index is 0.0619. The number of benzene rings is 1. The quantitative estimate of drug-likeness (QED) is 0.347. The highest BCUT2D eigenvalue weighted by molar-refractivity contribution is 6.05. The maximum atomic E-state index is 12.5. The molecule has 0 bridgehead atoms. The number of methoxy groups -OCH3 is 3. The Morgan fingerprint density at radius 1 is 1.37 bits per heavy atom. The maximum Gasteiger partial charge on any atom is 0.337 e. The van der Waals surface area contributed by atoms with Crippen molar-refractivity contribution in [3.63, 3.8) is 0 Å². The molecule has 3 aliphatic rings. The van der Waals surface area contributed by atoms with Gasteiger partial charge in [0.15, 0.2) is 0 Å². The molecule has 3 heterocycles. The lowest BCUT2D eigenvalue weighted by atomic mass is 9.71. The summed E-state index contributed by atoms with van der Waals surface area (Å²) in [5.41, 5.74) is 1.53. The molecular formula is C23H28N2O5. The van der Waals surface area contributed by atoms with E-state index in [1.165, 1.54) is 20.5 Å². The van der Waals surface area contributed by atoms with Gasteiger partial charge in [-0.15, -0.1) is 6.58 Å². The molecule has 7 nitrogen and oxygen atoms in total. The average molecular weight is 412 g/mol. The van der Waals surface area contributed by atoms with Crippen LogP contribution >= 0.6 is 0 Å². The number of fused-ring (bicyclic) bond motifs is 5. The summed E-state index contributed by atoms with van der Waals surface area (Å²) in [5.74, 6) is 0.151. The zero-order chi connectivity index (χ0) is 21.5. The third-order valence-corrected chi connectivity index (χ3v) is 6.63. The van der Waals surface area contributed by atoms with Crippen molar-refractivity contribution >= 4 is 17.4 Å². The number of aliphatic hydroxyl groups is 1. The standard InChI is InChI=1S/C23H28N2O5/c1-5-14-12-25-10-9-23(27)20-17(7-6-8-19(20)29-3)24-21(23)18(25)11-15(14)16(13-28-2)22(26)30-4/h5-8,13-15,18,27H,1,9-12H2,2-4H3. The molecule has 1 N–H and O–H groups in total. The van der Waals surface area contributed by atoms with Crippen LogP contribution in [-0.2, 0) is 19.9 Å². The van der Waals surface area contributed by atoms with Crippen LogP contribution in [0.5, 0.6) is 5.75 Å². The fourth-order valence-corrected chi connectivity index (χ4v) is 5.21. The molecule has 0 spiro atoms. The van der Waals surface area contributed by atoms with Gasteiger partial charge < -0.3 is 19.3 Å². The molecule has 0 aliphatic carbocycles. The van der Waals surface area contributed by atoms with Crippen LogP contribution in [-0.4, -0.2) is 62.1 Å². The molecule has 0 aromatic heterocycles. The van der Waals surface area contributed by atoms with Gasteiger partial charge in [-0.1, -0.05) is 12.1 Å². The first-order valence-corrected chi connectivity index (χ1v) is 10.1. The van der Waals surface area contributed by atoms with Gasteiger partial charge in [0, 0.05) is 19.0 Å². The molecule has 4 atom stereocenters. The molecule has 0 radical (unpaired) electrons. The summed E-state index contributed by atoms with van der Waals surface area (Å²) in [5, 5.41) is 11.7. The number of rotatable bonds is 5. The number of hydrogen-bond acceptors (Lipinski definition) is 7. The normalized spacial score (nSPS) is 30.5. The van der Waals surface area contributed by atoms with E-state index < -0.39 is 11.6 Å². The number of hydrogen-bond donors (Lipinski definition) is 1. The first kappa shape index (κ1) is 20.6. The highest BCUT2D eigenvalue weighted by Crippen LogP contribution is 2.51. The Bertz CT molecular complexity index is 924. The first-order valence-electron chi connectivity index (χ1n) is 10.1. The Morgan fingerprint density at radius 2 is 2.17 bits per heavy atom. The van der Waals surface area contributed by atoms with Crippen molar-refractivity contribution in [1.29, 1.82) is 0 Å². The molecule has 30 heavy (non-hydrogen) atoms. The van der Waals surface area contributed by atoms with E-state index in [1.807, 2.05) is 24.3 Å². The maximum absolute atomic E-state index is 12.5. The number of ether oxygens (including phenoxy) is 3. The smallest absolute Gasteiger partial charge is 0.337 e.